The first kappa shape index (κ1) is 12.9. The molecule has 1 aliphatic carbocycles. The van der Waals surface area contributed by atoms with Crippen molar-refractivity contribution in [2.24, 2.45) is 0 Å². The molecule has 0 saturated heterocycles. The van der Waals surface area contributed by atoms with Gasteiger partial charge < -0.3 is 11.5 Å². The highest BCUT2D eigenvalue weighted by atomic mass is 15.5. The van der Waals surface area contributed by atoms with Crippen LogP contribution in [0.5, 0.6) is 0 Å². The monoisotopic (exact) mass is 272 g/mol. The highest BCUT2D eigenvalue weighted by molar-refractivity contribution is 5.67. The maximum atomic E-state index is 5.86. The number of rotatable bonds is 2. The maximum absolute atomic E-state index is 5.86. The Balaban J connectivity index is 1.96. The van der Waals surface area contributed by atoms with E-state index >= 15 is 0 Å². The van der Waals surface area contributed by atoms with Crippen LogP contribution in [0.4, 0.5) is 11.4 Å². The van der Waals surface area contributed by atoms with Crippen molar-refractivity contribution in [3.63, 3.8) is 0 Å². The lowest BCUT2D eigenvalue weighted by molar-refractivity contribution is 0.400. The number of hydrogen-bond acceptors (Lipinski definition) is 5. The van der Waals surface area contributed by atoms with E-state index in [1.54, 1.807) is 6.07 Å². The number of nitrogens with zero attached hydrogens (tertiary/aromatic N) is 4. The summed E-state index contributed by atoms with van der Waals surface area (Å²) < 4.78 is 1.94. The Kier molecular flexibility index (Phi) is 3.54. The molecule has 1 aromatic heterocycles. The second kappa shape index (κ2) is 5.48. The first-order valence-corrected chi connectivity index (χ1v) is 7.18. The molecular weight excluding hydrogens is 252 g/mol. The van der Waals surface area contributed by atoms with Gasteiger partial charge in [0.1, 0.15) is 0 Å². The summed E-state index contributed by atoms with van der Waals surface area (Å²) >= 11 is 0. The minimum Gasteiger partial charge on any atom is -0.399 e. The van der Waals surface area contributed by atoms with Crippen molar-refractivity contribution in [2.45, 2.75) is 44.6 Å². The molecule has 1 aromatic carbocycles. The van der Waals surface area contributed by atoms with E-state index < -0.39 is 0 Å². The van der Waals surface area contributed by atoms with Crippen molar-refractivity contribution in [2.75, 3.05) is 11.5 Å². The van der Waals surface area contributed by atoms with Crippen molar-refractivity contribution in [3.05, 3.63) is 18.2 Å². The van der Waals surface area contributed by atoms with Gasteiger partial charge in [0.2, 0.25) is 0 Å². The van der Waals surface area contributed by atoms with Gasteiger partial charge in [-0.2, -0.15) is 0 Å². The average Bonchev–Trinajstić information content (AvgIpc) is 2.73. The van der Waals surface area contributed by atoms with E-state index in [0.29, 0.717) is 17.4 Å². The summed E-state index contributed by atoms with van der Waals surface area (Å²) in [4.78, 5) is 0. The molecule has 0 atom stereocenters. The summed E-state index contributed by atoms with van der Waals surface area (Å²) in [7, 11) is 0. The smallest absolute Gasteiger partial charge is 0.182 e. The zero-order valence-electron chi connectivity index (χ0n) is 11.5. The topological polar surface area (TPSA) is 95.6 Å². The molecule has 20 heavy (non-hydrogen) atoms. The molecule has 0 unspecified atom stereocenters. The van der Waals surface area contributed by atoms with Crippen molar-refractivity contribution < 1.29 is 0 Å². The van der Waals surface area contributed by atoms with Crippen molar-refractivity contribution in [1.29, 1.82) is 0 Å². The SMILES string of the molecule is Nc1cc(N)cc(-c2nnnn2C2CCCCCC2)c1. The molecule has 3 rings (SSSR count). The summed E-state index contributed by atoms with van der Waals surface area (Å²) in [6, 6.07) is 5.86. The van der Waals surface area contributed by atoms with Crippen molar-refractivity contribution in [3.8, 4) is 11.4 Å². The van der Waals surface area contributed by atoms with Gasteiger partial charge in [-0.3, -0.25) is 0 Å². The molecule has 1 heterocycles. The number of nitrogens with two attached hydrogens (primary N) is 2. The normalized spacial score (nSPS) is 17.0. The molecular formula is C14H20N6. The van der Waals surface area contributed by atoms with Gasteiger partial charge in [0, 0.05) is 16.9 Å². The Morgan fingerprint density at radius 1 is 0.950 bits per heavy atom. The number of nitrogen functional groups attached to an aromatic ring is 2. The van der Waals surface area contributed by atoms with Crippen molar-refractivity contribution >= 4 is 11.4 Å². The van der Waals surface area contributed by atoms with Crippen LogP contribution in [0, 0.1) is 0 Å². The molecule has 2 aromatic rings. The number of anilines is 2. The standard InChI is InChI=1S/C14H20N6/c15-11-7-10(8-12(16)9-11)14-17-18-19-20(14)13-5-3-1-2-4-6-13/h7-9,13H,1-6,15-16H2. The van der Waals surface area contributed by atoms with E-state index in [-0.39, 0.29) is 0 Å². The van der Waals surface area contributed by atoms with Crippen LogP contribution in [-0.2, 0) is 0 Å². The van der Waals surface area contributed by atoms with E-state index in [4.69, 9.17) is 11.5 Å². The molecule has 1 saturated carbocycles. The third kappa shape index (κ3) is 2.59. The number of benzene rings is 1. The van der Waals surface area contributed by atoms with E-state index in [0.717, 1.165) is 24.2 Å². The van der Waals surface area contributed by atoms with Crippen LogP contribution in [0.2, 0.25) is 0 Å². The highest BCUT2D eigenvalue weighted by Gasteiger charge is 2.20. The fourth-order valence-electron chi connectivity index (χ4n) is 2.94. The zero-order valence-corrected chi connectivity index (χ0v) is 11.5. The van der Waals surface area contributed by atoms with Gasteiger partial charge in [-0.15, -0.1) is 5.10 Å². The summed E-state index contributed by atoms with van der Waals surface area (Å²) in [5, 5.41) is 12.2. The quantitative estimate of drug-likeness (QED) is 0.646. The molecule has 106 valence electrons. The van der Waals surface area contributed by atoms with Gasteiger partial charge in [-0.25, -0.2) is 4.68 Å². The Morgan fingerprint density at radius 3 is 2.25 bits per heavy atom. The summed E-state index contributed by atoms with van der Waals surface area (Å²) in [6.45, 7) is 0. The first-order chi connectivity index (χ1) is 9.74. The Bertz CT molecular complexity index is 563. The summed E-state index contributed by atoms with van der Waals surface area (Å²) in [5.74, 6) is 0.760. The lowest BCUT2D eigenvalue weighted by Gasteiger charge is -2.16. The molecule has 0 radical (unpaired) electrons. The average molecular weight is 272 g/mol. The maximum Gasteiger partial charge on any atom is 0.182 e. The summed E-state index contributed by atoms with van der Waals surface area (Å²) in [5.41, 5.74) is 13.9. The third-order valence-electron chi connectivity index (χ3n) is 3.90. The molecule has 0 aliphatic heterocycles. The second-order valence-corrected chi connectivity index (χ2v) is 5.48. The van der Waals surface area contributed by atoms with Gasteiger partial charge in [0.15, 0.2) is 5.82 Å². The Morgan fingerprint density at radius 2 is 1.60 bits per heavy atom. The highest BCUT2D eigenvalue weighted by Crippen LogP contribution is 2.30. The van der Waals surface area contributed by atoms with E-state index in [1.807, 2.05) is 16.8 Å². The Hall–Kier alpha value is -2.11. The van der Waals surface area contributed by atoms with Crippen LogP contribution in [0.3, 0.4) is 0 Å². The van der Waals surface area contributed by atoms with Gasteiger partial charge in [0.05, 0.1) is 6.04 Å². The fourth-order valence-corrected chi connectivity index (χ4v) is 2.94. The molecule has 0 amide bonds. The lowest BCUT2D eigenvalue weighted by Crippen LogP contribution is -2.12. The van der Waals surface area contributed by atoms with Crippen LogP contribution < -0.4 is 11.5 Å². The third-order valence-corrected chi connectivity index (χ3v) is 3.90. The van der Waals surface area contributed by atoms with Gasteiger partial charge in [-0.1, -0.05) is 25.7 Å². The molecule has 4 N–H and O–H groups in total. The minimum atomic E-state index is 0.380. The molecule has 0 spiro atoms. The number of aromatic nitrogens is 4. The lowest BCUT2D eigenvalue weighted by atomic mass is 10.1. The fraction of sp³-hybridized carbons (Fsp3) is 0.500. The second-order valence-electron chi connectivity index (χ2n) is 5.48. The molecule has 0 bridgehead atoms. The van der Waals surface area contributed by atoms with Crippen LogP contribution in [0.25, 0.3) is 11.4 Å². The first-order valence-electron chi connectivity index (χ1n) is 7.18. The predicted octanol–water partition coefficient (Wildman–Crippen LogP) is 2.40. The zero-order chi connectivity index (χ0) is 13.9. The van der Waals surface area contributed by atoms with Crippen LogP contribution >= 0.6 is 0 Å². The van der Waals surface area contributed by atoms with Crippen LogP contribution in [0.1, 0.15) is 44.6 Å². The van der Waals surface area contributed by atoms with Crippen molar-refractivity contribution in [1.82, 2.24) is 20.2 Å². The molecule has 1 fully saturated rings. The molecule has 6 heteroatoms. The van der Waals surface area contributed by atoms with Gasteiger partial charge in [0.25, 0.3) is 0 Å². The Labute approximate surface area is 118 Å². The van der Waals surface area contributed by atoms with E-state index in [1.165, 1.54) is 25.7 Å². The molecule has 6 nitrogen and oxygen atoms in total. The number of tetrazole rings is 1. The van der Waals surface area contributed by atoms with Crippen LogP contribution in [0.15, 0.2) is 18.2 Å². The molecule has 1 aliphatic rings. The minimum absolute atomic E-state index is 0.380. The van der Waals surface area contributed by atoms with Gasteiger partial charge >= 0.3 is 0 Å². The van der Waals surface area contributed by atoms with E-state index in [2.05, 4.69) is 15.5 Å². The summed E-state index contributed by atoms with van der Waals surface area (Å²) in [6.07, 6.45) is 7.36. The van der Waals surface area contributed by atoms with E-state index in [9.17, 15) is 0 Å². The largest absolute Gasteiger partial charge is 0.399 e. The van der Waals surface area contributed by atoms with Crippen LogP contribution in [-0.4, -0.2) is 20.2 Å². The van der Waals surface area contributed by atoms with Gasteiger partial charge in [-0.05, 0) is 41.5 Å². The number of hydrogen-bond donors (Lipinski definition) is 2. The predicted molar refractivity (Wildman–Crippen MR) is 78.8 cm³/mol.